The van der Waals surface area contributed by atoms with Crippen molar-refractivity contribution in [2.75, 3.05) is 20.1 Å². The third-order valence-corrected chi connectivity index (χ3v) is 4.39. The van der Waals surface area contributed by atoms with Gasteiger partial charge in [0.15, 0.2) is 5.96 Å². The van der Waals surface area contributed by atoms with E-state index in [0.717, 1.165) is 31.5 Å². The Morgan fingerprint density at radius 2 is 2.10 bits per heavy atom. The Hall–Kier alpha value is -1.55. The van der Waals surface area contributed by atoms with E-state index in [4.69, 9.17) is 0 Å². The molecule has 2 atom stereocenters. The zero-order valence-electron chi connectivity index (χ0n) is 13.0. The van der Waals surface area contributed by atoms with Crippen LogP contribution in [0.4, 0.5) is 0 Å². The van der Waals surface area contributed by atoms with Crippen molar-refractivity contribution in [1.82, 2.24) is 15.5 Å². The number of rotatable bonds is 6. The molecule has 4 heteroatoms. The molecule has 2 N–H and O–H groups in total. The number of benzene rings is 1. The first-order valence-corrected chi connectivity index (χ1v) is 8.01. The Kier molecular flexibility index (Phi) is 4.44. The molecule has 4 nitrogen and oxygen atoms in total. The van der Waals surface area contributed by atoms with Gasteiger partial charge < -0.3 is 10.6 Å². The summed E-state index contributed by atoms with van der Waals surface area (Å²) in [5, 5.41) is 6.87. The minimum absolute atomic E-state index is 0.467. The van der Waals surface area contributed by atoms with Crippen LogP contribution in [0.3, 0.4) is 0 Å². The Balaban J connectivity index is 1.54. The van der Waals surface area contributed by atoms with Crippen LogP contribution in [-0.2, 0) is 6.54 Å². The summed E-state index contributed by atoms with van der Waals surface area (Å²) in [7, 11) is 2.24. The summed E-state index contributed by atoms with van der Waals surface area (Å²) in [6, 6.07) is 11.8. The van der Waals surface area contributed by atoms with Gasteiger partial charge in [-0.15, -0.1) is 0 Å². The van der Waals surface area contributed by atoms with E-state index < -0.39 is 0 Å². The second-order valence-corrected chi connectivity index (χ2v) is 6.42. The standard InChI is InChI=1S/C17H26N4/c1-13-10-18-17(20-13)19-11-16(15-8-9-15)21(2)12-14-6-4-3-5-7-14/h3-7,13,15-16H,8-12H2,1-2H3,(H2,18,19,20). The lowest BCUT2D eigenvalue weighted by Crippen LogP contribution is -2.46. The average Bonchev–Trinajstić information content (AvgIpc) is 3.23. The first-order chi connectivity index (χ1) is 10.2. The van der Waals surface area contributed by atoms with Crippen LogP contribution in [0, 0.1) is 5.92 Å². The lowest BCUT2D eigenvalue weighted by atomic mass is 10.1. The Bertz CT molecular complexity index is 481. The minimum Gasteiger partial charge on any atom is -0.355 e. The normalized spacial score (nSPS) is 22.8. The molecule has 1 aromatic rings. The molecule has 3 rings (SSSR count). The highest BCUT2D eigenvalue weighted by Gasteiger charge is 2.34. The molecule has 2 unspecified atom stereocenters. The molecule has 2 aliphatic rings. The van der Waals surface area contributed by atoms with Crippen molar-refractivity contribution in [2.45, 2.75) is 38.4 Å². The molecule has 0 aromatic heterocycles. The molecule has 1 aliphatic carbocycles. The van der Waals surface area contributed by atoms with Gasteiger partial charge in [0.05, 0.1) is 6.54 Å². The van der Waals surface area contributed by atoms with Crippen molar-refractivity contribution >= 4 is 5.96 Å². The van der Waals surface area contributed by atoms with E-state index in [2.05, 4.69) is 64.8 Å². The molecule has 0 spiro atoms. The van der Waals surface area contributed by atoms with Gasteiger partial charge in [-0.2, -0.15) is 0 Å². The van der Waals surface area contributed by atoms with Gasteiger partial charge in [0, 0.05) is 25.2 Å². The topological polar surface area (TPSA) is 39.7 Å². The molecule has 0 amide bonds. The zero-order valence-corrected chi connectivity index (χ0v) is 13.0. The number of guanidine groups is 1. The Morgan fingerprint density at radius 3 is 2.71 bits per heavy atom. The first kappa shape index (κ1) is 14.4. The highest BCUT2D eigenvalue weighted by molar-refractivity contribution is 5.81. The highest BCUT2D eigenvalue weighted by atomic mass is 15.3. The van der Waals surface area contributed by atoms with Gasteiger partial charge in [-0.05, 0) is 38.3 Å². The van der Waals surface area contributed by atoms with Crippen molar-refractivity contribution in [2.24, 2.45) is 10.9 Å². The highest BCUT2D eigenvalue weighted by Crippen LogP contribution is 2.35. The fourth-order valence-electron chi connectivity index (χ4n) is 3.01. The number of hydrogen-bond acceptors (Lipinski definition) is 4. The van der Waals surface area contributed by atoms with Crippen LogP contribution >= 0.6 is 0 Å². The molecule has 114 valence electrons. The monoisotopic (exact) mass is 286 g/mol. The third-order valence-electron chi connectivity index (χ3n) is 4.39. The molecule has 0 saturated heterocycles. The van der Waals surface area contributed by atoms with E-state index >= 15 is 0 Å². The molecule has 1 fully saturated rings. The quantitative estimate of drug-likeness (QED) is 0.838. The van der Waals surface area contributed by atoms with Crippen LogP contribution in [0.5, 0.6) is 0 Å². The second-order valence-electron chi connectivity index (χ2n) is 6.42. The summed E-state index contributed by atoms with van der Waals surface area (Å²) >= 11 is 0. The zero-order chi connectivity index (χ0) is 14.7. The van der Waals surface area contributed by atoms with Gasteiger partial charge in [-0.3, -0.25) is 9.89 Å². The maximum absolute atomic E-state index is 4.49. The van der Waals surface area contributed by atoms with E-state index in [0.29, 0.717) is 12.1 Å². The van der Waals surface area contributed by atoms with Crippen molar-refractivity contribution in [3.05, 3.63) is 35.9 Å². The van der Waals surface area contributed by atoms with E-state index in [1.165, 1.54) is 18.4 Å². The molecular formula is C17H26N4. The van der Waals surface area contributed by atoms with Gasteiger partial charge in [0.1, 0.15) is 0 Å². The number of nitrogens with one attached hydrogen (secondary N) is 2. The lowest BCUT2D eigenvalue weighted by molar-refractivity contribution is 0.210. The molecule has 1 aliphatic heterocycles. The first-order valence-electron chi connectivity index (χ1n) is 8.01. The van der Waals surface area contributed by atoms with Crippen LogP contribution in [0.1, 0.15) is 25.3 Å². The predicted octanol–water partition coefficient (Wildman–Crippen LogP) is 1.83. The molecular weight excluding hydrogens is 260 g/mol. The summed E-state index contributed by atoms with van der Waals surface area (Å²) in [5.74, 6) is 1.81. The third kappa shape index (κ3) is 3.97. The summed E-state index contributed by atoms with van der Waals surface area (Å²) in [6.45, 7) is 5.04. The predicted molar refractivity (Wildman–Crippen MR) is 87.3 cm³/mol. The number of nitrogens with zero attached hydrogens (tertiary/aromatic N) is 2. The van der Waals surface area contributed by atoms with Crippen molar-refractivity contribution in [3.8, 4) is 0 Å². The summed E-state index contributed by atoms with van der Waals surface area (Å²) in [5.41, 5.74) is 1.38. The van der Waals surface area contributed by atoms with E-state index in [-0.39, 0.29) is 0 Å². The summed E-state index contributed by atoms with van der Waals surface area (Å²) in [6.07, 6.45) is 2.73. The average molecular weight is 286 g/mol. The number of aliphatic imine (C=N–C) groups is 1. The molecule has 21 heavy (non-hydrogen) atoms. The lowest BCUT2D eigenvalue weighted by Gasteiger charge is -2.29. The number of likely N-dealkylation sites (N-methyl/N-ethyl adjacent to an activating group) is 1. The van der Waals surface area contributed by atoms with Crippen LogP contribution in [-0.4, -0.2) is 43.1 Å². The van der Waals surface area contributed by atoms with Gasteiger partial charge in [-0.1, -0.05) is 30.3 Å². The smallest absolute Gasteiger partial charge is 0.191 e. The fourth-order valence-corrected chi connectivity index (χ4v) is 3.01. The van der Waals surface area contributed by atoms with Crippen LogP contribution in [0.2, 0.25) is 0 Å². The molecule has 1 aromatic carbocycles. The van der Waals surface area contributed by atoms with Crippen molar-refractivity contribution in [3.63, 3.8) is 0 Å². The van der Waals surface area contributed by atoms with E-state index in [1.807, 2.05) is 0 Å². The largest absolute Gasteiger partial charge is 0.355 e. The van der Waals surface area contributed by atoms with Gasteiger partial charge >= 0.3 is 0 Å². The van der Waals surface area contributed by atoms with Crippen LogP contribution < -0.4 is 10.6 Å². The van der Waals surface area contributed by atoms with Crippen molar-refractivity contribution in [1.29, 1.82) is 0 Å². The van der Waals surface area contributed by atoms with Gasteiger partial charge in [0.2, 0.25) is 0 Å². The van der Waals surface area contributed by atoms with Crippen LogP contribution in [0.15, 0.2) is 35.3 Å². The van der Waals surface area contributed by atoms with Gasteiger partial charge in [-0.25, -0.2) is 0 Å². The van der Waals surface area contributed by atoms with Gasteiger partial charge in [0.25, 0.3) is 0 Å². The summed E-state index contributed by atoms with van der Waals surface area (Å²) < 4.78 is 0. The Labute approximate surface area is 127 Å². The summed E-state index contributed by atoms with van der Waals surface area (Å²) in [4.78, 5) is 6.97. The second kappa shape index (κ2) is 6.48. The SMILES string of the molecule is CC1CN=C(NCC(C2CC2)N(C)Cc2ccccc2)N1. The minimum atomic E-state index is 0.467. The molecule has 1 heterocycles. The maximum Gasteiger partial charge on any atom is 0.191 e. The molecule has 0 radical (unpaired) electrons. The molecule has 1 saturated carbocycles. The van der Waals surface area contributed by atoms with Crippen LogP contribution in [0.25, 0.3) is 0 Å². The van der Waals surface area contributed by atoms with E-state index in [1.54, 1.807) is 0 Å². The molecule has 0 bridgehead atoms. The number of hydrogen-bond donors (Lipinski definition) is 2. The van der Waals surface area contributed by atoms with Crippen molar-refractivity contribution < 1.29 is 0 Å². The van der Waals surface area contributed by atoms with E-state index in [9.17, 15) is 0 Å². The fraction of sp³-hybridized carbons (Fsp3) is 0.588. The maximum atomic E-state index is 4.49. The Morgan fingerprint density at radius 1 is 1.33 bits per heavy atom.